The molecule has 2 rings (SSSR count). The summed E-state index contributed by atoms with van der Waals surface area (Å²) >= 11 is 3.38. The molecule has 5 heteroatoms. The fourth-order valence-corrected chi connectivity index (χ4v) is 2.09. The Balaban J connectivity index is 2.21. The van der Waals surface area contributed by atoms with Crippen LogP contribution in [-0.2, 0) is 0 Å². The number of para-hydroxylation sites is 2. The summed E-state index contributed by atoms with van der Waals surface area (Å²) in [4.78, 5) is 10.6. The van der Waals surface area contributed by atoms with Gasteiger partial charge in [0.25, 0.3) is 5.69 Å². The van der Waals surface area contributed by atoms with Gasteiger partial charge in [-0.3, -0.25) is 10.1 Å². The van der Waals surface area contributed by atoms with Crippen LogP contribution in [0.1, 0.15) is 18.5 Å². The standard InChI is InChI=1S/C14H13BrN2O2/c1-10(11-6-8-12(15)9-7-11)16-13-4-2-3-5-14(13)17(18)19/h2-10,16H,1H3. The molecule has 19 heavy (non-hydrogen) atoms. The highest BCUT2D eigenvalue weighted by Gasteiger charge is 2.14. The van der Waals surface area contributed by atoms with Gasteiger partial charge in [-0.2, -0.15) is 0 Å². The van der Waals surface area contributed by atoms with Crippen LogP contribution in [0.25, 0.3) is 0 Å². The lowest BCUT2D eigenvalue weighted by atomic mass is 10.1. The van der Waals surface area contributed by atoms with E-state index in [0.29, 0.717) is 5.69 Å². The quantitative estimate of drug-likeness (QED) is 0.665. The van der Waals surface area contributed by atoms with Gasteiger partial charge in [-0.15, -0.1) is 0 Å². The molecule has 0 heterocycles. The number of nitrogens with zero attached hydrogens (tertiary/aromatic N) is 1. The first kappa shape index (κ1) is 13.5. The molecule has 0 fully saturated rings. The average molecular weight is 321 g/mol. The molecule has 1 unspecified atom stereocenters. The Morgan fingerprint density at radius 1 is 1.16 bits per heavy atom. The summed E-state index contributed by atoms with van der Waals surface area (Å²) in [6.45, 7) is 1.97. The molecule has 2 aromatic carbocycles. The first-order valence-electron chi connectivity index (χ1n) is 5.83. The molecule has 0 saturated heterocycles. The van der Waals surface area contributed by atoms with Gasteiger partial charge < -0.3 is 5.32 Å². The molecule has 0 saturated carbocycles. The summed E-state index contributed by atoms with van der Waals surface area (Å²) in [7, 11) is 0. The van der Waals surface area contributed by atoms with Crippen molar-refractivity contribution in [2.45, 2.75) is 13.0 Å². The van der Waals surface area contributed by atoms with Crippen LogP contribution < -0.4 is 5.32 Å². The van der Waals surface area contributed by atoms with Gasteiger partial charge in [-0.1, -0.05) is 40.2 Å². The molecule has 0 bridgehead atoms. The van der Waals surface area contributed by atoms with E-state index in [0.717, 1.165) is 10.0 Å². The van der Waals surface area contributed by atoms with Crippen LogP contribution in [0.4, 0.5) is 11.4 Å². The van der Waals surface area contributed by atoms with Crippen molar-refractivity contribution in [3.63, 3.8) is 0 Å². The topological polar surface area (TPSA) is 55.2 Å². The van der Waals surface area contributed by atoms with E-state index in [4.69, 9.17) is 0 Å². The molecule has 1 N–H and O–H groups in total. The minimum absolute atomic E-state index is 0.00537. The van der Waals surface area contributed by atoms with Gasteiger partial charge in [-0.25, -0.2) is 0 Å². The van der Waals surface area contributed by atoms with Gasteiger partial charge in [-0.05, 0) is 30.7 Å². The predicted molar refractivity (Wildman–Crippen MR) is 79.3 cm³/mol. The van der Waals surface area contributed by atoms with Crippen LogP contribution >= 0.6 is 15.9 Å². The molecular formula is C14H13BrN2O2. The Morgan fingerprint density at radius 3 is 2.42 bits per heavy atom. The molecule has 0 spiro atoms. The lowest BCUT2D eigenvalue weighted by molar-refractivity contribution is -0.384. The fraction of sp³-hybridized carbons (Fsp3) is 0.143. The summed E-state index contributed by atoms with van der Waals surface area (Å²) in [5, 5.41) is 14.1. The maximum absolute atomic E-state index is 10.9. The highest BCUT2D eigenvalue weighted by molar-refractivity contribution is 9.10. The Bertz CT molecular complexity index is 584. The van der Waals surface area contributed by atoms with Crippen LogP contribution in [0.15, 0.2) is 53.0 Å². The molecule has 1 atom stereocenters. The zero-order valence-corrected chi connectivity index (χ0v) is 11.9. The van der Waals surface area contributed by atoms with Crippen molar-refractivity contribution in [1.29, 1.82) is 0 Å². The maximum atomic E-state index is 10.9. The smallest absolute Gasteiger partial charge is 0.292 e. The average Bonchev–Trinajstić information content (AvgIpc) is 2.39. The van der Waals surface area contributed by atoms with E-state index in [1.807, 2.05) is 31.2 Å². The molecular weight excluding hydrogens is 308 g/mol. The Kier molecular flexibility index (Phi) is 4.16. The van der Waals surface area contributed by atoms with Crippen molar-refractivity contribution in [3.8, 4) is 0 Å². The van der Waals surface area contributed by atoms with Crippen molar-refractivity contribution in [3.05, 3.63) is 68.7 Å². The second-order valence-corrected chi connectivity index (χ2v) is 5.11. The summed E-state index contributed by atoms with van der Waals surface area (Å²) < 4.78 is 1.01. The van der Waals surface area contributed by atoms with E-state index < -0.39 is 0 Å². The van der Waals surface area contributed by atoms with E-state index in [2.05, 4.69) is 21.2 Å². The van der Waals surface area contributed by atoms with Gasteiger partial charge in [0.05, 0.1) is 4.92 Å². The molecule has 0 aromatic heterocycles. The zero-order chi connectivity index (χ0) is 13.8. The number of nitro groups is 1. The van der Waals surface area contributed by atoms with E-state index in [-0.39, 0.29) is 16.7 Å². The van der Waals surface area contributed by atoms with E-state index in [1.54, 1.807) is 18.2 Å². The van der Waals surface area contributed by atoms with Gasteiger partial charge in [0, 0.05) is 16.6 Å². The minimum Gasteiger partial charge on any atom is -0.373 e. The molecule has 0 amide bonds. The minimum atomic E-state index is -0.378. The van der Waals surface area contributed by atoms with E-state index in [9.17, 15) is 10.1 Å². The third-order valence-electron chi connectivity index (χ3n) is 2.84. The number of rotatable bonds is 4. The molecule has 0 aliphatic heterocycles. The highest BCUT2D eigenvalue weighted by Crippen LogP contribution is 2.28. The number of hydrogen-bond acceptors (Lipinski definition) is 3. The maximum Gasteiger partial charge on any atom is 0.292 e. The van der Waals surface area contributed by atoms with Crippen molar-refractivity contribution in [1.82, 2.24) is 0 Å². The first-order chi connectivity index (χ1) is 9.08. The Morgan fingerprint density at radius 2 is 1.79 bits per heavy atom. The lowest BCUT2D eigenvalue weighted by Gasteiger charge is -2.15. The predicted octanol–water partition coefficient (Wildman–Crippen LogP) is 4.53. The third-order valence-corrected chi connectivity index (χ3v) is 3.37. The van der Waals surface area contributed by atoms with E-state index in [1.165, 1.54) is 6.07 Å². The molecule has 0 aliphatic carbocycles. The normalized spacial score (nSPS) is 11.9. The monoisotopic (exact) mass is 320 g/mol. The molecule has 98 valence electrons. The van der Waals surface area contributed by atoms with Gasteiger partial charge in [0.2, 0.25) is 0 Å². The van der Waals surface area contributed by atoms with E-state index >= 15 is 0 Å². The van der Waals surface area contributed by atoms with Crippen LogP contribution in [0.5, 0.6) is 0 Å². The number of hydrogen-bond donors (Lipinski definition) is 1. The third kappa shape index (κ3) is 3.32. The Labute approximate surface area is 119 Å². The zero-order valence-electron chi connectivity index (χ0n) is 10.3. The number of anilines is 1. The number of nitrogens with one attached hydrogen (secondary N) is 1. The highest BCUT2D eigenvalue weighted by atomic mass is 79.9. The second kappa shape index (κ2) is 5.84. The molecule has 0 radical (unpaired) electrons. The summed E-state index contributed by atoms with van der Waals surface area (Å²) in [6.07, 6.45) is 0. The first-order valence-corrected chi connectivity index (χ1v) is 6.62. The SMILES string of the molecule is CC(Nc1ccccc1[N+](=O)[O-])c1ccc(Br)cc1. The fourth-order valence-electron chi connectivity index (χ4n) is 1.82. The molecule has 0 aliphatic rings. The van der Waals surface area contributed by atoms with Gasteiger partial charge in [0.1, 0.15) is 5.69 Å². The van der Waals surface area contributed by atoms with Crippen molar-refractivity contribution in [2.24, 2.45) is 0 Å². The molecule has 4 nitrogen and oxygen atoms in total. The van der Waals surface area contributed by atoms with Crippen LogP contribution in [0.2, 0.25) is 0 Å². The van der Waals surface area contributed by atoms with Gasteiger partial charge >= 0.3 is 0 Å². The van der Waals surface area contributed by atoms with Crippen molar-refractivity contribution < 1.29 is 4.92 Å². The van der Waals surface area contributed by atoms with Crippen LogP contribution in [0.3, 0.4) is 0 Å². The van der Waals surface area contributed by atoms with Crippen LogP contribution in [-0.4, -0.2) is 4.92 Å². The number of halogens is 1. The second-order valence-electron chi connectivity index (χ2n) is 4.19. The summed E-state index contributed by atoms with van der Waals surface area (Å²) in [5.74, 6) is 0. The van der Waals surface area contributed by atoms with Crippen LogP contribution in [0, 0.1) is 10.1 Å². The molecule has 2 aromatic rings. The Hall–Kier alpha value is -1.88. The van der Waals surface area contributed by atoms with Gasteiger partial charge in [0.15, 0.2) is 0 Å². The van der Waals surface area contributed by atoms with Crippen molar-refractivity contribution >= 4 is 27.3 Å². The number of nitro benzene ring substituents is 1. The lowest BCUT2D eigenvalue weighted by Crippen LogP contribution is -2.08. The summed E-state index contributed by atoms with van der Waals surface area (Å²) in [6, 6.07) is 14.5. The summed E-state index contributed by atoms with van der Waals surface area (Å²) in [5.41, 5.74) is 1.69. The number of benzene rings is 2. The van der Waals surface area contributed by atoms with Crippen molar-refractivity contribution in [2.75, 3.05) is 5.32 Å². The largest absolute Gasteiger partial charge is 0.373 e.